The first-order chi connectivity index (χ1) is 12.6. The fraction of sp³-hybridized carbons (Fsp3) is 0.636. The van der Waals surface area contributed by atoms with Gasteiger partial charge in [-0.05, 0) is 18.6 Å². The summed E-state index contributed by atoms with van der Waals surface area (Å²) >= 11 is 0. The van der Waals surface area contributed by atoms with Gasteiger partial charge in [0.2, 0.25) is 5.91 Å². The van der Waals surface area contributed by atoms with E-state index in [1.165, 1.54) is 51.4 Å². The Balaban J connectivity index is 2.26. The van der Waals surface area contributed by atoms with Crippen LogP contribution in [0.3, 0.4) is 0 Å². The number of para-hydroxylation sites is 1. The molecule has 26 heavy (non-hydrogen) atoms. The molecule has 1 unspecified atom stereocenters. The molecule has 3 N–H and O–H groups in total. The van der Waals surface area contributed by atoms with E-state index in [4.69, 9.17) is 5.73 Å². The molecule has 0 radical (unpaired) electrons. The third-order valence-electron chi connectivity index (χ3n) is 4.70. The highest BCUT2D eigenvalue weighted by atomic mass is 16.2. The molecular weight excluding hydrogens is 324 g/mol. The largest absolute Gasteiger partial charge is 0.375 e. The lowest BCUT2D eigenvalue weighted by atomic mass is 10.00. The summed E-state index contributed by atoms with van der Waals surface area (Å²) in [6, 6.07) is 9.33. The topological polar surface area (TPSA) is 72.2 Å². The lowest BCUT2D eigenvalue weighted by Crippen LogP contribution is -2.32. The highest BCUT2D eigenvalue weighted by Gasteiger charge is 2.19. The van der Waals surface area contributed by atoms with Gasteiger partial charge < -0.3 is 11.1 Å². The van der Waals surface area contributed by atoms with Crippen molar-refractivity contribution in [3.63, 3.8) is 0 Å². The van der Waals surface area contributed by atoms with Gasteiger partial charge in [0.05, 0.1) is 12.5 Å². The quantitative estimate of drug-likeness (QED) is 0.313. The summed E-state index contributed by atoms with van der Waals surface area (Å²) in [7, 11) is 0. The van der Waals surface area contributed by atoms with Gasteiger partial charge >= 0.3 is 0 Å². The smallest absolute Gasteiger partial charge is 0.224 e. The van der Waals surface area contributed by atoms with Crippen LogP contribution in [0.15, 0.2) is 30.3 Å². The van der Waals surface area contributed by atoms with E-state index in [0.29, 0.717) is 0 Å². The number of amides is 1. The molecule has 1 aromatic rings. The van der Waals surface area contributed by atoms with Crippen molar-refractivity contribution in [2.24, 2.45) is 5.73 Å². The van der Waals surface area contributed by atoms with Crippen LogP contribution in [-0.2, 0) is 9.59 Å². The predicted octanol–water partition coefficient (Wildman–Crippen LogP) is 5.22. The van der Waals surface area contributed by atoms with Crippen molar-refractivity contribution >= 4 is 17.4 Å². The standard InChI is InChI=1S/C22H36N2O2/c1-2-3-4-5-6-7-8-9-10-14-17-20(21(25)18-22(23)26)24-19-15-12-11-13-16-19/h11-13,15-16,20,24H,2-10,14,17-18H2,1H3,(H2,23,26). The molecule has 1 aromatic carbocycles. The summed E-state index contributed by atoms with van der Waals surface area (Å²) in [6.07, 6.45) is 13.2. The average molecular weight is 361 g/mol. The molecule has 0 bridgehead atoms. The number of carbonyl (C=O) groups excluding carboxylic acids is 2. The molecule has 4 heteroatoms. The van der Waals surface area contributed by atoms with E-state index in [0.717, 1.165) is 24.9 Å². The van der Waals surface area contributed by atoms with Gasteiger partial charge in [-0.1, -0.05) is 89.3 Å². The first kappa shape index (κ1) is 22.2. The molecule has 0 spiro atoms. The molecule has 1 atom stereocenters. The molecule has 0 saturated heterocycles. The minimum Gasteiger partial charge on any atom is -0.375 e. The van der Waals surface area contributed by atoms with Crippen molar-refractivity contribution in [1.29, 1.82) is 0 Å². The van der Waals surface area contributed by atoms with Gasteiger partial charge in [0.15, 0.2) is 5.78 Å². The van der Waals surface area contributed by atoms with Crippen LogP contribution in [0.5, 0.6) is 0 Å². The maximum absolute atomic E-state index is 12.3. The van der Waals surface area contributed by atoms with Crippen LogP contribution in [0.2, 0.25) is 0 Å². The van der Waals surface area contributed by atoms with E-state index in [2.05, 4.69) is 12.2 Å². The summed E-state index contributed by atoms with van der Waals surface area (Å²) in [4.78, 5) is 23.4. The zero-order valence-corrected chi connectivity index (χ0v) is 16.3. The number of ketones is 1. The number of nitrogens with two attached hydrogens (primary N) is 1. The van der Waals surface area contributed by atoms with Crippen LogP contribution < -0.4 is 11.1 Å². The second-order valence-corrected chi connectivity index (χ2v) is 7.14. The van der Waals surface area contributed by atoms with Crippen molar-refractivity contribution < 1.29 is 9.59 Å². The summed E-state index contributed by atoms with van der Waals surface area (Å²) in [5.74, 6) is -0.671. The van der Waals surface area contributed by atoms with E-state index in [1.807, 2.05) is 30.3 Å². The molecule has 0 aliphatic heterocycles. The number of unbranched alkanes of at least 4 members (excludes halogenated alkanes) is 9. The summed E-state index contributed by atoms with van der Waals surface area (Å²) in [6.45, 7) is 2.24. The van der Waals surface area contributed by atoms with Crippen LogP contribution in [0.25, 0.3) is 0 Å². The SMILES string of the molecule is CCCCCCCCCCCCC(Nc1ccccc1)C(=O)CC(N)=O. The first-order valence-electron chi connectivity index (χ1n) is 10.3. The molecular formula is C22H36N2O2. The fourth-order valence-corrected chi connectivity index (χ4v) is 3.18. The molecule has 1 rings (SSSR count). The number of primary amides is 1. The highest BCUT2D eigenvalue weighted by Crippen LogP contribution is 2.16. The van der Waals surface area contributed by atoms with Gasteiger partial charge in [-0.25, -0.2) is 0 Å². The van der Waals surface area contributed by atoms with Gasteiger partial charge in [0, 0.05) is 5.69 Å². The molecule has 0 aliphatic carbocycles. The number of hydrogen-bond donors (Lipinski definition) is 2. The van der Waals surface area contributed by atoms with Crippen molar-refractivity contribution in [1.82, 2.24) is 0 Å². The van der Waals surface area contributed by atoms with Gasteiger partial charge in [0.1, 0.15) is 0 Å². The van der Waals surface area contributed by atoms with Crippen LogP contribution in [0.1, 0.15) is 84.0 Å². The minimum atomic E-state index is -0.557. The van der Waals surface area contributed by atoms with E-state index in [9.17, 15) is 9.59 Å². The van der Waals surface area contributed by atoms with Crippen LogP contribution >= 0.6 is 0 Å². The van der Waals surface area contributed by atoms with Crippen molar-refractivity contribution in [3.8, 4) is 0 Å². The monoisotopic (exact) mass is 360 g/mol. The van der Waals surface area contributed by atoms with Crippen LogP contribution in [-0.4, -0.2) is 17.7 Å². The van der Waals surface area contributed by atoms with E-state index < -0.39 is 5.91 Å². The maximum atomic E-state index is 12.3. The Labute approximate surface area is 158 Å². The molecule has 1 amide bonds. The third kappa shape index (κ3) is 10.9. The van der Waals surface area contributed by atoms with Gasteiger partial charge in [-0.2, -0.15) is 0 Å². The van der Waals surface area contributed by atoms with Gasteiger partial charge in [-0.3, -0.25) is 9.59 Å². The maximum Gasteiger partial charge on any atom is 0.224 e. The zero-order valence-electron chi connectivity index (χ0n) is 16.3. The highest BCUT2D eigenvalue weighted by molar-refractivity contribution is 6.01. The number of rotatable bonds is 16. The molecule has 4 nitrogen and oxygen atoms in total. The molecule has 0 heterocycles. The van der Waals surface area contributed by atoms with E-state index in [-0.39, 0.29) is 18.2 Å². The summed E-state index contributed by atoms with van der Waals surface area (Å²) in [5, 5.41) is 3.26. The molecule has 0 fully saturated rings. The van der Waals surface area contributed by atoms with Crippen molar-refractivity contribution in [2.45, 2.75) is 90.0 Å². The average Bonchev–Trinajstić information content (AvgIpc) is 2.62. The molecule has 0 saturated carbocycles. The lowest BCUT2D eigenvalue weighted by molar-refractivity contribution is -0.126. The number of anilines is 1. The minimum absolute atomic E-state index is 0.114. The van der Waals surface area contributed by atoms with Crippen LogP contribution in [0, 0.1) is 0 Å². The second-order valence-electron chi connectivity index (χ2n) is 7.14. The van der Waals surface area contributed by atoms with Gasteiger partial charge in [-0.15, -0.1) is 0 Å². The van der Waals surface area contributed by atoms with Gasteiger partial charge in [0.25, 0.3) is 0 Å². The normalized spacial score (nSPS) is 11.9. The number of Topliss-reactive ketones (excluding diaryl/α,β-unsaturated/α-hetero) is 1. The molecule has 0 aliphatic rings. The molecule has 0 aromatic heterocycles. The summed E-state index contributed by atoms with van der Waals surface area (Å²) < 4.78 is 0. The van der Waals surface area contributed by atoms with Crippen molar-refractivity contribution in [2.75, 3.05) is 5.32 Å². The Morgan fingerprint density at radius 1 is 0.885 bits per heavy atom. The van der Waals surface area contributed by atoms with E-state index in [1.54, 1.807) is 0 Å². The van der Waals surface area contributed by atoms with Crippen LogP contribution in [0.4, 0.5) is 5.69 Å². The second kappa shape index (κ2) is 14.3. The molecule has 146 valence electrons. The summed E-state index contributed by atoms with van der Waals surface area (Å²) in [5.41, 5.74) is 6.10. The Morgan fingerprint density at radius 2 is 1.42 bits per heavy atom. The number of carbonyl (C=O) groups is 2. The van der Waals surface area contributed by atoms with E-state index >= 15 is 0 Å². The Bertz CT molecular complexity index is 502. The lowest BCUT2D eigenvalue weighted by Gasteiger charge is -2.18. The fourth-order valence-electron chi connectivity index (χ4n) is 3.18. The first-order valence-corrected chi connectivity index (χ1v) is 10.3. The van der Waals surface area contributed by atoms with Crippen molar-refractivity contribution in [3.05, 3.63) is 30.3 Å². The Morgan fingerprint density at radius 3 is 1.96 bits per heavy atom. The Kier molecular flexibility index (Phi) is 12.2. The number of benzene rings is 1. The Hall–Kier alpha value is -1.84. The predicted molar refractivity (Wildman–Crippen MR) is 109 cm³/mol. The third-order valence-corrected chi connectivity index (χ3v) is 4.70. The number of hydrogen-bond acceptors (Lipinski definition) is 3. The number of nitrogens with one attached hydrogen (secondary N) is 1. The zero-order chi connectivity index (χ0) is 19.0.